The normalized spacial score (nSPS) is 12.6. The number of hydrogen-bond donors (Lipinski definition) is 2. The van der Waals surface area contributed by atoms with Crippen LogP contribution in [0.1, 0.15) is 48.9 Å². The van der Waals surface area contributed by atoms with Crippen molar-refractivity contribution in [3.05, 3.63) is 88.0 Å². The summed E-state index contributed by atoms with van der Waals surface area (Å²) in [4.78, 5) is 12.1. The Bertz CT molecular complexity index is 928. The molecule has 0 heterocycles. The Kier molecular flexibility index (Phi) is 6.38. The molecule has 28 heavy (non-hydrogen) atoms. The van der Waals surface area contributed by atoms with Gasteiger partial charge < -0.3 is 10.7 Å². The number of hydrogen-bond acceptors (Lipinski definition) is 2. The van der Waals surface area contributed by atoms with Gasteiger partial charge in [-0.2, -0.15) is 0 Å². The molecule has 2 aromatic rings. The molecule has 1 amide bonds. The summed E-state index contributed by atoms with van der Waals surface area (Å²) < 4.78 is 0. The van der Waals surface area contributed by atoms with Gasteiger partial charge in [0.25, 0.3) is 5.91 Å². The van der Waals surface area contributed by atoms with Crippen LogP contribution < -0.4 is 5.32 Å². The second-order valence-electron chi connectivity index (χ2n) is 6.73. The molecular weight excluding hydrogens is 344 g/mol. The van der Waals surface area contributed by atoms with Crippen molar-refractivity contribution in [3.8, 4) is 0 Å². The summed E-state index contributed by atoms with van der Waals surface area (Å²) in [6, 6.07) is 17.0. The van der Waals surface area contributed by atoms with E-state index in [2.05, 4.69) is 72.9 Å². The first kappa shape index (κ1) is 19.6. The number of carbonyl (C=O) groups is 1. The summed E-state index contributed by atoms with van der Waals surface area (Å²) >= 11 is 0. The maximum atomic E-state index is 12.1. The molecule has 142 valence electrons. The quantitative estimate of drug-likeness (QED) is 0.438. The van der Waals surface area contributed by atoms with Crippen LogP contribution >= 0.6 is 0 Å². The highest BCUT2D eigenvalue weighted by Gasteiger charge is 2.18. The Morgan fingerprint density at radius 3 is 2.07 bits per heavy atom. The molecule has 1 aliphatic carbocycles. The second-order valence-corrected chi connectivity index (χ2v) is 6.73. The lowest BCUT2D eigenvalue weighted by Gasteiger charge is -2.18. The Morgan fingerprint density at radius 2 is 1.57 bits per heavy atom. The molecule has 0 saturated carbocycles. The van der Waals surface area contributed by atoms with E-state index in [-0.39, 0.29) is 5.91 Å². The summed E-state index contributed by atoms with van der Waals surface area (Å²) in [5.41, 5.74) is 7.88. The van der Waals surface area contributed by atoms with Crippen molar-refractivity contribution >= 4 is 29.8 Å². The fourth-order valence-corrected chi connectivity index (χ4v) is 3.63. The maximum Gasteiger partial charge on any atom is 0.252 e. The highest BCUT2D eigenvalue weighted by atomic mass is 16.1. The summed E-state index contributed by atoms with van der Waals surface area (Å²) in [6.07, 6.45) is 8.80. The van der Waals surface area contributed by atoms with E-state index in [0.717, 1.165) is 19.1 Å². The molecule has 0 aromatic heterocycles. The average molecular weight is 370 g/mol. The Morgan fingerprint density at radius 1 is 1.00 bits per heavy atom. The van der Waals surface area contributed by atoms with E-state index < -0.39 is 0 Å². The van der Waals surface area contributed by atoms with Crippen molar-refractivity contribution in [2.45, 2.75) is 26.7 Å². The first-order valence-corrected chi connectivity index (χ1v) is 9.73. The van der Waals surface area contributed by atoms with Gasteiger partial charge in [0.05, 0.1) is 5.57 Å². The molecule has 0 radical (unpaired) electrons. The van der Waals surface area contributed by atoms with Crippen LogP contribution in [0.4, 0.5) is 0 Å². The zero-order valence-corrected chi connectivity index (χ0v) is 16.5. The topological polar surface area (TPSA) is 53.0 Å². The monoisotopic (exact) mass is 370 g/mol. The molecule has 0 atom stereocenters. The molecule has 0 unspecified atom stereocenters. The lowest BCUT2D eigenvalue weighted by molar-refractivity contribution is -0.116. The van der Waals surface area contributed by atoms with Crippen LogP contribution in [0, 0.1) is 5.41 Å². The highest BCUT2D eigenvalue weighted by Crippen LogP contribution is 2.37. The number of allylic oxidation sites excluding steroid dienone is 1. The third kappa shape index (κ3) is 4.04. The Balaban J connectivity index is 1.98. The zero-order valence-electron chi connectivity index (χ0n) is 16.5. The first-order valence-electron chi connectivity index (χ1n) is 9.73. The molecule has 0 saturated heterocycles. The third-order valence-electron chi connectivity index (χ3n) is 5.12. The number of rotatable bonds is 6. The van der Waals surface area contributed by atoms with Gasteiger partial charge in [-0.05, 0) is 47.6 Å². The molecular formula is C25H26N2O. The molecule has 1 aliphatic rings. The van der Waals surface area contributed by atoms with Crippen molar-refractivity contribution in [2.75, 3.05) is 6.54 Å². The van der Waals surface area contributed by atoms with Crippen molar-refractivity contribution in [3.63, 3.8) is 0 Å². The lowest BCUT2D eigenvalue weighted by Crippen LogP contribution is -2.26. The molecule has 3 rings (SSSR count). The van der Waals surface area contributed by atoms with Gasteiger partial charge in [-0.1, -0.05) is 79.3 Å². The number of nitrogens with one attached hydrogen (secondary N) is 2. The van der Waals surface area contributed by atoms with Gasteiger partial charge in [0.15, 0.2) is 0 Å². The van der Waals surface area contributed by atoms with Crippen LogP contribution in [0.3, 0.4) is 0 Å². The first-order chi connectivity index (χ1) is 13.7. The van der Waals surface area contributed by atoms with E-state index in [1.165, 1.54) is 33.4 Å². The van der Waals surface area contributed by atoms with Crippen molar-refractivity contribution in [1.29, 1.82) is 5.41 Å². The van der Waals surface area contributed by atoms with Crippen molar-refractivity contribution in [2.24, 2.45) is 0 Å². The van der Waals surface area contributed by atoms with Gasteiger partial charge in [0.1, 0.15) is 0 Å². The number of benzene rings is 2. The van der Waals surface area contributed by atoms with Crippen LogP contribution in [0.25, 0.3) is 17.7 Å². The van der Waals surface area contributed by atoms with Crippen molar-refractivity contribution in [1.82, 2.24) is 5.32 Å². The minimum atomic E-state index is -0.193. The predicted octanol–water partition coefficient (Wildman–Crippen LogP) is 5.48. The van der Waals surface area contributed by atoms with Crippen LogP contribution in [-0.4, -0.2) is 18.7 Å². The van der Waals surface area contributed by atoms with Gasteiger partial charge in [-0.15, -0.1) is 0 Å². The SMILES string of the molecule is C/C=C(\C=N)C(=O)NCCC(CC)=C1c2ccccc2C=Cc2ccccc21. The standard InChI is InChI=1S/C25H26N2O/c1-3-18(15-16-27-25(28)19(4-2)17-26)24-22-11-7-5-9-20(22)13-14-21-10-6-8-12-23(21)24/h4-14,17,26H,3,15-16H2,1-2H3,(H,27,28)/b19-4+,26-17?. The molecule has 0 spiro atoms. The molecule has 0 fully saturated rings. The van der Waals surface area contributed by atoms with Crippen molar-refractivity contribution < 1.29 is 4.79 Å². The number of carbonyl (C=O) groups excluding carboxylic acids is 1. The Labute approximate surface area is 167 Å². The van der Waals surface area contributed by atoms with E-state index in [0.29, 0.717) is 12.1 Å². The van der Waals surface area contributed by atoms with E-state index in [4.69, 9.17) is 5.41 Å². The second kappa shape index (κ2) is 9.14. The molecule has 0 bridgehead atoms. The summed E-state index contributed by atoms with van der Waals surface area (Å²) in [5, 5.41) is 10.3. The van der Waals surface area contributed by atoms with Crippen LogP contribution in [-0.2, 0) is 4.79 Å². The molecule has 0 aliphatic heterocycles. The average Bonchev–Trinajstić information content (AvgIpc) is 2.89. The summed E-state index contributed by atoms with van der Waals surface area (Å²) in [5.74, 6) is -0.193. The van der Waals surface area contributed by atoms with Gasteiger partial charge in [-0.25, -0.2) is 0 Å². The molecule has 3 heteroatoms. The van der Waals surface area contributed by atoms with Gasteiger partial charge in [0.2, 0.25) is 0 Å². The number of fused-ring (bicyclic) bond motifs is 2. The third-order valence-corrected chi connectivity index (χ3v) is 5.12. The van der Waals surface area contributed by atoms with Gasteiger partial charge in [-0.3, -0.25) is 4.79 Å². The van der Waals surface area contributed by atoms with Gasteiger partial charge >= 0.3 is 0 Å². The zero-order chi connectivity index (χ0) is 19.9. The minimum absolute atomic E-state index is 0.193. The summed E-state index contributed by atoms with van der Waals surface area (Å²) in [7, 11) is 0. The van der Waals surface area contributed by atoms with Crippen LogP contribution in [0.5, 0.6) is 0 Å². The minimum Gasteiger partial charge on any atom is -0.352 e. The summed E-state index contributed by atoms with van der Waals surface area (Å²) in [6.45, 7) is 4.49. The smallest absolute Gasteiger partial charge is 0.252 e. The van der Waals surface area contributed by atoms with Crippen LogP contribution in [0.2, 0.25) is 0 Å². The van der Waals surface area contributed by atoms with E-state index in [1.54, 1.807) is 13.0 Å². The fourth-order valence-electron chi connectivity index (χ4n) is 3.63. The number of amides is 1. The Hall–Kier alpha value is -3.20. The molecule has 3 nitrogen and oxygen atoms in total. The van der Waals surface area contributed by atoms with Crippen LogP contribution in [0.15, 0.2) is 65.8 Å². The van der Waals surface area contributed by atoms with E-state index in [1.807, 2.05) is 0 Å². The predicted molar refractivity (Wildman–Crippen MR) is 118 cm³/mol. The van der Waals surface area contributed by atoms with E-state index >= 15 is 0 Å². The maximum absolute atomic E-state index is 12.1. The highest BCUT2D eigenvalue weighted by molar-refractivity contribution is 6.11. The largest absolute Gasteiger partial charge is 0.352 e. The fraction of sp³-hybridized carbons (Fsp3) is 0.200. The lowest BCUT2D eigenvalue weighted by atomic mass is 9.87. The van der Waals surface area contributed by atoms with E-state index in [9.17, 15) is 4.79 Å². The molecule has 2 aromatic carbocycles. The van der Waals surface area contributed by atoms with Gasteiger partial charge in [0, 0.05) is 12.8 Å². The molecule has 2 N–H and O–H groups in total.